The molecule has 0 aliphatic heterocycles. The van der Waals surface area contributed by atoms with E-state index in [0.717, 1.165) is 22.9 Å². The lowest BCUT2D eigenvalue weighted by atomic mass is 9.99. The summed E-state index contributed by atoms with van der Waals surface area (Å²) in [7, 11) is 7.12. The number of hydrazine groups is 1. The van der Waals surface area contributed by atoms with Crippen molar-refractivity contribution >= 4 is 23.0 Å². The van der Waals surface area contributed by atoms with Gasteiger partial charge in [-0.25, -0.2) is 5.84 Å². The van der Waals surface area contributed by atoms with Crippen LogP contribution in [-0.2, 0) is 12.7 Å². The molecule has 0 bridgehead atoms. The summed E-state index contributed by atoms with van der Waals surface area (Å²) < 4.78 is 47.0. The summed E-state index contributed by atoms with van der Waals surface area (Å²) in [6, 6.07) is 9.48. The number of carbonyl (C=O) groups excluding carboxylic acids is 1. The molecule has 42 heavy (non-hydrogen) atoms. The van der Waals surface area contributed by atoms with Crippen LogP contribution < -0.4 is 20.9 Å². The van der Waals surface area contributed by atoms with Gasteiger partial charge in [-0.15, -0.1) is 0 Å². The lowest BCUT2D eigenvalue weighted by Gasteiger charge is -2.24. The van der Waals surface area contributed by atoms with Gasteiger partial charge >= 0.3 is 6.18 Å². The van der Waals surface area contributed by atoms with Crippen LogP contribution in [0.3, 0.4) is 0 Å². The van der Waals surface area contributed by atoms with Gasteiger partial charge in [0.25, 0.3) is 5.91 Å². The molecule has 3 rings (SSSR count). The summed E-state index contributed by atoms with van der Waals surface area (Å²) in [6.45, 7) is 7.53. The molecule has 0 aliphatic rings. The predicted molar refractivity (Wildman–Crippen MR) is 161 cm³/mol. The van der Waals surface area contributed by atoms with Crippen LogP contribution in [-0.4, -0.2) is 55.0 Å². The minimum absolute atomic E-state index is 0.0668. The largest absolute Gasteiger partial charge is 0.495 e. The van der Waals surface area contributed by atoms with Crippen LogP contribution in [0.2, 0.25) is 0 Å². The molecule has 3 aromatic rings. The number of benzene rings is 2. The molecule has 0 saturated heterocycles. The highest BCUT2D eigenvalue weighted by Gasteiger charge is 2.34. The number of aryl methyl sites for hydroxylation is 1. The van der Waals surface area contributed by atoms with Gasteiger partial charge in [0.15, 0.2) is 0 Å². The fourth-order valence-electron chi connectivity index (χ4n) is 4.31. The minimum Gasteiger partial charge on any atom is -0.495 e. The van der Waals surface area contributed by atoms with Gasteiger partial charge in [-0.1, -0.05) is 6.07 Å². The van der Waals surface area contributed by atoms with Crippen LogP contribution in [0.5, 0.6) is 5.75 Å². The smallest absolute Gasteiger partial charge is 0.416 e. The minimum atomic E-state index is -4.57. The summed E-state index contributed by atoms with van der Waals surface area (Å²) in [6.07, 6.45) is 0.415. The van der Waals surface area contributed by atoms with Crippen LogP contribution in [0.15, 0.2) is 55.0 Å². The van der Waals surface area contributed by atoms with Gasteiger partial charge in [0.1, 0.15) is 5.75 Å². The second-order valence-electron chi connectivity index (χ2n) is 10.7. The van der Waals surface area contributed by atoms with Crippen molar-refractivity contribution < 1.29 is 22.7 Å². The van der Waals surface area contributed by atoms with Crippen molar-refractivity contribution in [3.63, 3.8) is 0 Å². The van der Waals surface area contributed by atoms with E-state index in [9.17, 15) is 18.0 Å². The molecule has 11 heteroatoms. The van der Waals surface area contributed by atoms with Crippen molar-refractivity contribution in [2.75, 3.05) is 38.6 Å². The third kappa shape index (κ3) is 7.80. The highest BCUT2D eigenvalue weighted by Crippen LogP contribution is 2.36. The molecule has 226 valence electrons. The highest BCUT2D eigenvalue weighted by molar-refractivity contribution is 6.05. The zero-order valence-electron chi connectivity index (χ0n) is 25.3. The molecule has 0 radical (unpaired) electrons. The first-order valence-corrected chi connectivity index (χ1v) is 13.4. The van der Waals surface area contributed by atoms with Gasteiger partial charge < -0.3 is 15.0 Å². The normalized spacial score (nSPS) is 12.1. The molecule has 1 heterocycles. The lowest BCUT2D eigenvalue weighted by Crippen LogP contribution is -2.28. The van der Waals surface area contributed by atoms with Crippen molar-refractivity contribution in [2.45, 2.75) is 46.5 Å². The molecule has 1 amide bonds. The standard InChI is InChI=1S/C31H39F3N6O2/c1-19(2)39(7)17-24-11-25(14-27(21(24)4)31(32,33)34)37-30(41)22-10-9-20(3)28(13-22)40(35)18-29(38(5)6)23-12-26(42-8)16-36-15-23/h9-16,18-19H,17,35H2,1-8H3,(H,37,41)/b29-18-. The van der Waals surface area contributed by atoms with Gasteiger partial charge in [-0.3, -0.25) is 19.7 Å². The highest BCUT2D eigenvalue weighted by atomic mass is 19.4. The first kappa shape index (κ1) is 32.4. The number of hydrogen-bond donors (Lipinski definition) is 2. The van der Waals surface area contributed by atoms with Gasteiger partial charge in [0.05, 0.1) is 30.3 Å². The van der Waals surface area contributed by atoms with E-state index in [0.29, 0.717) is 23.5 Å². The van der Waals surface area contributed by atoms with Crippen molar-refractivity contribution in [1.82, 2.24) is 14.8 Å². The van der Waals surface area contributed by atoms with Crippen molar-refractivity contribution in [1.29, 1.82) is 0 Å². The molecule has 0 fully saturated rings. The maximum atomic E-state index is 13.9. The van der Waals surface area contributed by atoms with Gasteiger partial charge in [0, 0.05) is 55.9 Å². The van der Waals surface area contributed by atoms with Gasteiger partial charge in [0.2, 0.25) is 0 Å². The van der Waals surface area contributed by atoms with Crippen LogP contribution >= 0.6 is 0 Å². The van der Waals surface area contributed by atoms with Crippen LogP contribution in [0, 0.1) is 13.8 Å². The topological polar surface area (TPSA) is 87.0 Å². The Morgan fingerprint density at radius 3 is 2.36 bits per heavy atom. The second kappa shape index (κ2) is 13.3. The van der Waals surface area contributed by atoms with Crippen LogP contribution in [0.4, 0.5) is 24.5 Å². The monoisotopic (exact) mass is 584 g/mol. The number of alkyl halides is 3. The molecule has 0 spiro atoms. The van der Waals surface area contributed by atoms with E-state index in [1.165, 1.54) is 11.9 Å². The number of carbonyl (C=O) groups is 1. The maximum Gasteiger partial charge on any atom is 0.416 e. The second-order valence-corrected chi connectivity index (χ2v) is 10.7. The summed E-state index contributed by atoms with van der Waals surface area (Å²) in [5.41, 5.74) is 2.98. The van der Waals surface area contributed by atoms with E-state index in [1.54, 1.807) is 50.0 Å². The number of ether oxygens (including phenoxy) is 1. The molecule has 0 saturated carbocycles. The van der Waals surface area contributed by atoms with Crippen molar-refractivity contribution in [3.05, 3.63) is 88.4 Å². The lowest BCUT2D eigenvalue weighted by molar-refractivity contribution is -0.138. The fraction of sp³-hybridized carbons (Fsp3) is 0.355. The molecule has 3 N–H and O–H groups in total. The molecule has 2 aromatic carbocycles. The molecular weight excluding hydrogens is 545 g/mol. The van der Waals surface area contributed by atoms with Crippen molar-refractivity contribution in [3.8, 4) is 5.75 Å². The van der Waals surface area contributed by atoms with Crippen molar-refractivity contribution in [2.24, 2.45) is 5.84 Å². The number of pyridine rings is 1. The van der Waals surface area contributed by atoms with E-state index < -0.39 is 17.6 Å². The molecular formula is C31H39F3N6O2. The number of nitrogens with one attached hydrogen (secondary N) is 1. The zero-order chi connectivity index (χ0) is 31.4. The first-order valence-electron chi connectivity index (χ1n) is 13.4. The van der Waals surface area contributed by atoms with E-state index in [4.69, 9.17) is 10.6 Å². The van der Waals surface area contributed by atoms with Crippen LogP contribution in [0.1, 0.15) is 52.0 Å². The Kier molecular flexibility index (Phi) is 10.2. The number of hydrogen-bond acceptors (Lipinski definition) is 7. The van der Waals surface area contributed by atoms with E-state index >= 15 is 0 Å². The Hall–Kier alpha value is -4.09. The summed E-state index contributed by atoms with van der Waals surface area (Å²) in [5, 5.41) is 4.06. The van der Waals surface area contributed by atoms with E-state index in [2.05, 4.69) is 10.3 Å². The number of amides is 1. The third-order valence-corrected chi connectivity index (χ3v) is 7.12. The number of anilines is 2. The van der Waals surface area contributed by atoms with Gasteiger partial charge in [-0.2, -0.15) is 13.2 Å². The van der Waals surface area contributed by atoms with Crippen LogP contribution in [0.25, 0.3) is 5.70 Å². The zero-order valence-corrected chi connectivity index (χ0v) is 25.3. The summed E-state index contributed by atoms with van der Waals surface area (Å²) >= 11 is 0. The summed E-state index contributed by atoms with van der Waals surface area (Å²) in [4.78, 5) is 21.3. The Balaban J connectivity index is 1.96. The Labute approximate surface area is 245 Å². The van der Waals surface area contributed by atoms with Gasteiger partial charge in [-0.05, 0) is 81.8 Å². The Morgan fingerprint density at radius 2 is 1.76 bits per heavy atom. The molecule has 8 nitrogen and oxygen atoms in total. The molecule has 0 atom stereocenters. The number of halogens is 3. The average Bonchev–Trinajstić information content (AvgIpc) is 2.92. The number of rotatable bonds is 10. The number of nitrogens with zero attached hydrogens (tertiary/aromatic N) is 4. The number of aromatic nitrogens is 1. The molecule has 0 unspecified atom stereocenters. The SMILES string of the molecule is COc1cncc(/C(=C/N(N)c2cc(C(=O)Nc3cc(CN(C)C(C)C)c(C)c(C(F)(F)F)c3)ccc2C)N(C)C)c1. The number of nitrogens with two attached hydrogens (primary N) is 1. The third-order valence-electron chi connectivity index (χ3n) is 7.12. The predicted octanol–water partition coefficient (Wildman–Crippen LogP) is 6.06. The Morgan fingerprint density at radius 1 is 1.07 bits per heavy atom. The first-order chi connectivity index (χ1) is 19.6. The quantitative estimate of drug-likeness (QED) is 0.221. The fourth-order valence-corrected chi connectivity index (χ4v) is 4.31. The maximum absolute atomic E-state index is 13.9. The average molecular weight is 585 g/mol. The molecule has 0 aliphatic carbocycles. The number of methoxy groups -OCH3 is 1. The molecule has 1 aromatic heterocycles. The Bertz CT molecular complexity index is 1450. The van der Waals surface area contributed by atoms with E-state index in [-0.39, 0.29) is 22.9 Å². The summed E-state index contributed by atoms with van der Waals surface area (Å²) in [5.74, 6) is 6.48. The van der Waals surface area contributed by atoms with E-state index in [1.807, 2.05) is 57.8 Å².